The van der Waals surface area contributed by atoms with Gasteiger partial charge in [0.1, 0.15) is 0 Å². The largest absolute Gasteiger partial charge is 0.417 e. The van der Waals surface area contributed by atoms with E-state index in [1.807, 2.05) is 6.92 Å². The Labute approximate surface area is 75.3 Å². The van der Waals surface area contributed by atoms with Crippen molar-refractivity contribution in [1.29, 1.82) is 0 Å². The van der Waals surface area contributed by atoms with Crippen LogP contribution in [0.5, 0.6) is 0 Å². The maximum Gasteiger partial charge on any atom is 0.417 e. The van der Waals surface area contributed by atoms with Crippen molar-refractivity contribution >= 4 is 0 Å². The van der Waals surface area contributed by atoms with Crippen molar-refractivity contribution in [2.75, 3.05) is 6.61 Å². The second-order valence-electron chi connectivity index (χ2n) is 4.59. The number of rotatable bonds is 0. The van der Waals surface area contributed by atoms with Gasteiger partial charge in [-0.1, -0.05) is 6.92 Å². The van der Waals surface area contributed by atoms with Crippen LogP contribution in [0.1, 0.15) is 32.6 Å². The van der Waals surface area contributed by atoms with Gasteiger partial charge < -0.3 is 4.74 Å². The van der Waals surface area contributed by atoms with E-state index < -0.39 is 11.8 Å². The van der Waals surface area contributed by atoms with Crippen LogP contribution in [0.25, 0.3) is 0 Å². The van der Waals surface area contributed by atoms with Gasteiger partial charge in [-0.3, -0.25) is 0 Å². The maximum atomic E-state index is 12.6. The fourth-order valence-electron chi connectivity index (χ4n) is 2.22. The summed E-state index contributed by atoms with van der Waals surface area (Å²) in [4.78, 5) is 0. The van der Waals surface area contributed by atoms with Gasteiger partial charge in [0.05, 0.1) is 6.61 Å². The fraction of sp³-hybridized carbons (Fsp3) is 1.00. The van der Waals surface area contributed by atoms with Crippen LogP contribution in [-0.2, 0) is 4.74 Å². The van der Waals surface area contributed by atoms with E-state index >= 15 is 0 Å². The van der Waals surface area contributed by atoms with Crippen LogP contribution in [0.15, 0.2) is 0 Å². The fourth-order valence-corrected chi connectivity index (χ4v) is 2.22. The summed E-state index contributed by atoms with van der Waals surface area (Å²) in [6.45, 7) is 2.28. The van der Waals surface area contributed by atoms with Crippen LogP contribution in [0.4, 0.5) is 13.2 Å². The first-order valence-corrected chi connectivity index (χ1v) is 4.58. The van der Waals surface area contributed by atoms with E-state index in [2.05, 4.69) is 0 Å². The van der Waals surface area contributed by atoms with E-state index in [9.17, 15) is 13.2 Å². The van der Waals surface area contributed by atoms with Gasteiger partial charge in [0.25, 0.3) is 0 Å². The second kappa shape index (κ2) is 2.41. The molecule has 3 aliphatic rings. The minimum atomic E-state index is -4.19. The molecule has 0 atom stereocenters. The van der Waals surface area contributed by atoms with Gasteiger partial charge >= 0.3 is 6.18 Å². The highest BCUT2D eigenvalue weighted by Crippen LogP contribution is 2.54. The monoisotopic (exact) mass is 194 g/mol. The molecule has 0 spiro atoms. The van der Waals surface area contributed by atoms with Gasteiger partial charge in [-0.2, -0.15) is 13.2 Å². The molecule has 0 radical (unpaired) electrons. The summed E-state index contributed by atoms with van der Waals surface area (Å²) in [5.41, 5.74) is -1.79. The smallest absolute Gasteiger partial charge is 0.365 e. The highest BCUT2D eigenvalue weighted by Gasteiger charge is 2.61. The predicted molar refractivity (Wildman–Crippen MR) is 41.3 cm³/mol. The molecule has 13 heavy (non-hydrogen) atoms. The Morgan fingerprint density at radius 1 is 1.08 bits per heavy atom. The van der Waals surface area contributed by atoms with E-state index in [1.54, 1.807) is 0 Å². The molecule has 4 heteroatoms. The van der Waals surface area contributed by atoms with Crippen LogP contribution in [0.2, 0.25) is 0 Å². The standard InChI is InChI=1S/C9H13F3O/c1-7-2-4-8(5-3-7,13-6-7)9(10,11)12/h2-6H2,1H3. The Hall–Kier alpha value is -0.250. The summed E-state index contributed by atoms with van der Waals surface area (Å²) in [5.74, 6) is 0. The van der Waals surface area contributed by atoms with Crippen molar-refractivity contribution in [2.24, 2.45) is 5.41 Å². The summed E-state index contributed by atoms with van der Waals surface area (Å²) < 4.78 is 42.9. The molecule has 0 aromatic rings. The predicted octanol–water partition coefficient (Wildman–Crippen LogP) is 2.90. The van der Waals surface area contributed by atoms with Crippen molar-refractivity contribution in [3.8, 4) is 0 Å². The second-order valence-corrected chi connectivity index (χ2v) is 4.59. The Morgan fingerprint density at radius 3 is 1.92 bits per heavy atom. The molecule has 1 saturated carbocycles. The number of halogens is 3. The molecule has 2 heterocycles. The molecule has 2 aliphatic heterocycles. The zero-order valence-corrected chi connectivity index (χ0v) is 7.58. The van der Waals surface area contributed by atoms with Crippen LogP contribution in [-0.4, -0.2) is 18.4 Å². The molecule has 1 aliphatic carbocycles. The lowest BCUT2D eigenvalue weighted by Gasteiger charge is -2.51. The third-order valence-corrected chi connectivity index (χ3v) is 3.48. The minimum absolute atomic E-state index is 0.00694. The van der Waals surface area contributed by atoms with Crippen molar-refractivity contribution in [1.82, 2.24) is 0 Å². The first kappa shape index (κ1) is 9.31. The molecule has 0 aromatic heterocycles. The summed E-state index contributed by atoms with van der Waals surface area (Å²) in [5, 5.41) is 0. The molecular formula is C9H13F3O. The van der Waals surface area contributed by atoms with E-state index in [0.29, 0.717) is 12.8 Å². The lowest BCUT2D eigenvalue weighted by atomic mass is 9.67. The summed E-state index contributed by atoms with van der Waals surface area (Å²) >= 11 is 0. The normalized spacial score (nSPS) is 45.2. The van der Waals surface area contributed by atoms with Gasteiger partial charge in [0.2, 0.25) is 0 Å². The van der Waals surface area contributed by atoms with Gasteiger partial charge in [0.15, 0.2) is 5.60 Å². The molecule has 3 fully saturated rings. The SMILES string of the molecule is CC12CCC(C(F)(F)F)(CC1)OC2. The van der Waals surface area contributed by atoms with Crippen LogP contribution >= 0.6 is 0 Å². The van der Waals surface area contributed by atoms with Gasteiger partial charge in [-0.05, 0) is 31.1 Å². The maximum absolute atomic E-state index is 12.6. The zero-order chi connectivity index (χ0) is 9.74. The van der Waals surface area contributed by atoms with E-state index in [-0.39, 0.29) is 24.9 Å². The number of hydrogen-bond donors (Lipinski definition) is 0. The third-order valence-electron chi connectivity index (χ3n) is 3.48. The molecule has 0 aromatic carbocycles. The molecule has 0 N–H and O–H groups in total. The Morgan fingerprint density at radius 2 is 1.62 bits per heavy atom. The van der Waals surface area contributed by atoms with Crippen LogP contribution in [0.3, 0.4) is 0 Å². The van der Waals surface area contributed by atoms with Crippen LogP contribution < -0.4 is 0 Å². The molecule has 2 bridgehead atoms. The number of ether oxygens (including phenoxy) is 1. The van der Waals surface area contributed by atoms with Crippen molar-refractivity contribution in [3.63, 3.8) is 0 Å². The van der Waals surface area contributed by atoms with E-state index in [4.69, 9.17) is 4.74 Å². The molecule has 3 rings (SSSR count). The summed E-state index contributed by atoms with van der Waals surface area (Å²) in [6.07, 6.45) is -2.60. The number of hydrogen-bond acceptors (Lipinski definition) is 1. The van der Waals surface area contributed by atoms with Crippen molar-refractivity contribution in [3.05, 3.63) is 0 Å². The highest BCUT2D eigenvalue weighted by molar-refractivity contribution is 5.01. The molecule has 0 unspecified atom stereocenters. The number of alkyl halides is 3. The van der Waals surface area contributed by atoms with E-state index in [1.165, 1.54) is 0 Å². The quantitative estimate of drug-likeness (QED) is 0.576. The average Bonchev–Trinajstić information content (AvgIpc) is 2.04. The highest BCUT2D eigenvalue weighted by atomic mass is 19.4. The summed E-state index contributed by atoms with van der Waals surface area (Å²) in [6, 6.07) is 0. The van der Waals surface area contributed by atoms with Gasteiger partial charge in [0, 0.05) is 0 Å². The summed E-state index contributed by atoms with van der Waals surface area (Å²) in [7, 11) is 0. The third kappa shape index (κ3) is 1.26. The average molecular weight is 194 g/mol. The molecule has 0 amide bonds. The van der Waals surface area contributed by atoms with Crippen molar-refractivity contribution in [2.45, 2.75) is 44.4 Å². The van der Waals surface area contributed by atoms with Gasteiger partial charge in [-0.15, -0.1) is 0 Å². The molecule has 1 nitrogen and oxygen atoms in total. The molecule has 76 valence electrons. The van der Waals surface area contributed by atoms with Crippen molar-refractivity contribution < 1.29 is 17.9 Å². The van der Waals surface area contributed by atoms with Crippen LogP contribution in [0, 0.1) is 5.41 Å². The zero-order valence-electron chi connectivity index (χ0n) is 7.58. The molecule has 2 saturated heterocycles. The Bertz CT molecular complexity index is 197. The Balaban J connectivity index is 2.20. The van der Waals surface area contributed by atoms with Gasteiger partial charge in [-0.25, -0.2) is 0 Å². The first-order chi connectivity index (χ1) is 5.87. The number of fused-ring (bicyclic) bond motifs is 3. The lowest BCUT2D eigenvalue weighted by Crippen LogP contribution is -2.57. The molecular weight excluding hydrogens is 181 g/mol. The lowest BCUT2D eigenvalue weighted by molar-refractivity contribution is -0.324. The van der Waals surface area contributed by atoms with E-state index in [0.717, 1.165) is 0 Å². The topological polar surface area (TPSA) is 9.23 Å². The minimum Gasteiger partial charge on any atom is -0.365 e. The Kier molecular flexibility index (Phi) is 1.72. The first-order valence-electron chi connectivity index (χ1n) is 4.58.